The number of rotatable bonds is 3. The normalized spacial score (nSPS) is 12.7. The van der Waals surface area contributed by atoms with Crippen LogP contribution in [-0.2, 0) is 13.5 Å². The topological polar surface area (TPSA) is 43.8 Å². The third-order valence-corrected chi connectivity index (χ3v) is 2.68. The first-order chi connectivity index (χ1) is 8.08. The van der Waals surface area contributed by atoms with Crippen LogP contribution in [-0.4, -0.2) is 9.55 Å². The number of imidazole rings is 1. The molecule has 3 nitrogen and oxygen atoms in total. The maximum atomic E-state index is 13.4. The highest BCUT2D eigenvalue weighted by atomic mass is 19.1. The minimum Gasteiger partial charge on any atom is -0.336 e. The zero-order valence-corrected chi connectivity index (χ0v) is 9.40. The molecule has 5 heteroatoms. The van der Waals surface area contributed by atoms with E-state index in [9.17, 15) is 8.78 Å². The Morgan fingerprint density at radius 2 is 2.18 bits per heavy atom. The van der Waals surface area contributed by atoms with Crippen LogP contribution in [0.3, 0.4) is 0 Å². The Kier molecular flexibility index (Phi) is 3.19. The molecule has 2 N–H and O–H groups in total. The molecule has 1 unspecified atom stereocenters. The van der Waals surface area contributed by atoms with Crippen LogP contribution >= 0.6 is 0 Å². The van der Waals surface area contributed by atoms with Gasteiger partial charge in [-0.05, 0) is 30.2 Å². The fourth-order valence-electron chi connectivity index (χ4n) is 1.77. The van der Waals surface area contributed by atoms with E-state index in [0.717, 1.165) is 17.8 Å². The van der Waals surface area contributed by atoms with Gasteiger partial charge in [-0.1, -0.05) is 0 Å². The molecule has 90 valence electrons. The van der Waals surface area contributed by atoms with E-state index < -0.39 is 17.7 Å². The first-order valence-electron chi connectivity index (χ1n) is 5.23. The molecule has 0 saturated carbocycles. The van der Waals surface area contributed by atoms with E-state index in [-0.39, 0.29) is 12.0 Å². The molecule has 0 fully saturated rings. The van der Waals surface area contributed by atoms with Crippen LogP contribution in [0.4, 0.5) is 8.78 Å². The lowest BCUT2D eigenvalue weighted by Crippen LogP contribution is -2.17. The SMILES string of the molecule is Cn1cncc1C(N)Cc1cc(F)ccc1F. The van der Waals surface area contributed by atoms with Crippen molar-refractivity contribution < 1.29 is 8.78 Å². The van der Waals surface area contributed by atoms with Gasteiger partial charge < -0.3 is 10.3 Å². The van der Waals surface area contributed by atoms with E-state index in [1.165, 1.54) is 6.07 Å². The molecule has 2 aromatic rings. The highest BCUT2D eigenvalue weighted by Crippen LogP contribution is 2.18. The van der Waals surface area contributed by atoms with Gasteiger partial charge in [0, 0.05) is 13.2 Å². The van der Waals surface area contributed by atoms with Crippen LogP contribution in [0.25, 0.3) is 0 Å². The highest BCUT2D eigenvalue weighted by Gasteiger charge is 2.13. The van der Waals surface area contributed by atoms with Gasteiger partial charge in [-0.15, -0.1) is 0 Å². The fourth-order valence-corrected chi connectivity index (χ4v) is 1.77. The zero-order chi connectivity index (χ0) is 12.4. The number of halogens is 2. The Labute approximate surface area is 97.9 Å². The number of aryl methyl sites for hydroxylation is 1. The van der Waals surface area contributed by atoms with Crippen molar-refractivity contribution in [2.75, 3.05) is 0 Å². The van der Waals surface area contributed by atoms with Gasteiger partial charge >= 0.3 is 0 Å². The van der Waals surface area contributed by atoms with Crippen molar-refractivity contribution in [2.24, 2.45) is 12.8 Å². The molecule has 1 heterocycles. The Bertz CT molecular complexity index is 522. The summed E-state index contributed by atoms with van der Waals surface area (Å²) in [5.41, 5.74) is 7.00. The quantitative estimate of drug-likeness (QED) is 0.886. The van der Waals surface area contributed by atoms with Crippen molar-refractivity contribution in [2.45, 2.75) is 12.5 Å². The van der Waals surface area contributed by atoms with Crippen LogP contribution in [0, 0.1) is 11.6 Å². The van der Waals surface area contributed by atoms with Crippen LogP contribution < -0.4 is 5.73 Å². The molecule has 2 rings (SSSR count). The summed E-state index contributed by atoms with van der Waals surface area (Å²) in [6, 6.07) is 2.97. The van der Waals surface area contributed by atoms with Gasteiger partial charge in [-0.3, -0.25) is 0 Å². The minimum atomic E-state index is -0.460. The molecule has 1 aromatic carbocycles. The van der Waals surface area contributed by atoms with Crippen LogP contribution in [0.1, 0.15) is 17.3 Å². The van der Waals surface area contributed by atoms with Crippen molar-refractivity contribution in [1.29, 1.82) is 0 Å². The standard InChI is InChI=1S/C12H13F2N3/c1-17-7-16-6-12(17)11(15)5-8-4-9(13)2-3-10(8)14/h2-4,6-7,11H,5,15H2,1H3. The average Bonchev–Trinajstić information content (AvgIpc) is 2.70. The Balaban J connectivity index is 2.21. The lowest BCUT2D eigenvalue weighted by molar-refractivity contribution is 0.566. The molecule has 0 radical (unpaired) electrons. The predicted molar refractivity (Wildman–Crippen MR) is 60.2 cm³/mol. The van der Waals surface area contributed by atoms with Gasteiger partial charge in [0.1, 0.15) is 11.6 Å². The molecule has 0 saturated heterocycles. The summed E-state index contributed by atoms with van der Waals surface area (Å²) < 4.78 is 28.2. The van der Waals surface area contributed by atoms with E-state index in [4.69, 9.17) is 5.73 Å². The van der Waals surface area contributed by atoms with Crippen LogP contribution in [0.15, 0.2) is 30.7 Å². The molecule has 0 amide bonds. The first-order valence-corrected chi connectivity index (χ1v) is 5.23. The van der Waals surface area contributed by atoms with Gasteiger partial charge in [0.05, 0.1) is 18.1 Å². The van der Waals surface area contributed by atoms with Crippen molar-refractivity contribution in [1.82, 2.24) is 9.55 Å². The summed E-state index contributed by atoms with van der Waals surface area (Å²) in [4.78, 5) is 3.94. The molecule has 0 spiro atoms. The molecule has 17 heavy (non-hydrogen) atoms. The van der Waals surface area contributed by atoms with E-state index in [1.807, 2.05) is 7.05 Å². The number of nitrogens with zero attached hydrogens (tertiary/aromatic N) is 2. The summed E-state index contributed by atoms with van der Waals surface area (Å²) in [6.45, 7) is 0. The van der Waals surface area contributed by atoms with E-state index >= 15 is 0 Å². The fraction of sp³-hybridized carbons (Fsp3) is 0.250. The number of benzene rings is 1. The highest BCUT2D eigenvalue weighted by molar-refractivity contribution is 5.21. The maximum absolute atomic E-state index is 13.4. The monoisotopic (exact) mass is 237 g/mol. The Morgan fingerprint density at radius 3 is 2.82 bits per heavy atom. The lowest BCUT2D eigenvalue weighted by Gasteiger charge is -2.12. The van der Waals surface area contributed by atoms with E-state index in [2.05, 4.69) is 4.98 Å². The Hall–Kier alpha value is -1.75. The van der Waals surface area contributed by atoms with Crippen molar-refractivity contribution >= 4 is 0 Å². The molecule has 0 aliphatic heterocycles. The number of hydrogen-bond donors (Lipinski definition) is 1. The molecule has 1 atom stereocenters. The zero-order valence-electron chi connectivity index (χ0n) is 9.40. The van der Waals surface area contributed by atoms with Crippen LogP contribution in [0.5, 0.6) is 0 Å². The van der Waals surface area contributed by atoms with Crippen molar-refractivity contribution in [3.05, 3.63) is 53.6 Å². The first kappa shape index (κ1) is 11.7. The summed E-state index contributed by atoms with van der Waals surface area (Å²) >= 11 is 0. The second-order valence-corrected chi connectivity index (χ2v) is 3.98. The summed E-state index contributed by atoms with van der Waals surface area (Å²) in [6.07, 6.45) is 3.49. The van der Waals surface area contributed by atoms with Gasteiger partial charge in [0.25, 0.3) is 0 Å². The molecule has 0 aliphatic rings. The van der Waals surface area contributed by atoms with Crippen molar-refractivity contribution in [3.8, 4) is 0 Å². The third kappa shape index (κ3) is 2.50. The third-order valence-electron chi connectivity index (χ3n) is 2.68. The second-order valence-electron chi connectivity index (χ2n) is 3.98. The van der Waals surface area contributed by atoms with E-state index in [0.29, 0.717) is 0 Å². The summed E-state index contributed by atoms with van der Waals surface area (Å²) in [5.74, 6) is -0.900. The van der Waals surface area contributed by atoms with Gasteiger partial charge in [-0.2, -0.15) is 0 Å². The molecule has 0 bridgehead atoms. The Morgan fingerprint density at radius 1 is 1.41 bits per heavy atom. The average molecular weight is 237 g/mol. The number of aromatic nitrogens is 2. The minimum absolute atomic E-state index is 0.239. The number of hydrogen-bond acceptors (Lipinski definition) is 2. The second kappa shape index (κ2) is 4.63. The van der Waals surface area contributed by atoms with Gasteiger partial charge in [0.15, 0.2) is 0 Å². The van der Waals surface area contributed by atoms with Crippen molar-refractivity contribution in [3.63, 3.8) is 0 Å². The molecule has 1 aromatic heterocycles. The van der Waals surface area contributed by atoms with Gasteiger partial charge in [-0.25, -0.2) is 13.8 Å². The smallest absolute Gasteiger partial charge is 0.126 e. The van der Waals surface area contributed by atoms with Crippen LogP contribution in [0.2, 0.25) is 0 Å². The summed E-state index contributed by atoms with van der Waals surface area (Å²) in [7, 11) is 1.81. The lowest BCUT2D eigenvalue weighted by atomic mass is 10.0. The predicted octanol–water partition coefficient (Wildman–Crippen LogP) is 1.94. The molecule has 0 aliphatic carbocycles. The molecular weight excluding hydrogens is 224 g/mol. The van der Waals surface area contributed by atoms with E-state index in [1.54, 1.807) is 17.1 Å². The van der Waals surface area contributed by atoms with Gasteiger partial charge in [0.2, 0.25) is 0 Å². The summed E-state index contributed by atoms with van der Waals surface area (Å²) in [5, 5.41) is 0. The largest absolute Gasteiger partial charge is 0.336 e. The molecular formula is C12H13F2N3. The maximum Gasteiger partial charge on any atom is 0.126 e. The number of nitrogens with two attached hydrogens (primary N) is 1.